The molecule has 0 saturated carbocycles. The summed E-state index contributed by atoms with van der Waals surface area (Å²) >= 11 is 0. The third kappa shape index (κ3) is 6.29. The van der Waals surface area contributed by atoms with Crippen LogP contribution in [0.3, 0.4) is 0 Å². The van der Waals surface area contributed by atoms with E-state index in [1.54, 1.807) is 28.4 Å². The zero-order valence-electron chi connectivity index (χ0n) is 19.5. The maximum Gasteiger partial charge on any atom is 0.234 e. The molecule has 2 aromatic rings. The second kappa shape index (κ2) is 11.6. The van der Waals surface area contributed by atoms with Gasteiger partial charge in [0.1, 0.15) is 5.75 Å². The lowest BCUT2D eigenvalue weighted by molar-refractivity contribution is -0.122. The fraction of sp³-hybridized carbons (Fsp3) is 0.480. The number of amides is 1. The number of carbonyl (C=O) groups is 1. The van der Waals surface area contributed by atoms with Crippen LogP contribution in [0.1, 0.15) is 24.0 Å². The van der Waals surface area contributed by atoms with Crippen molar-refractivity contribution in [1.82, 2.24) is 10.2 Å². The average Bonchev–Trinajstić information content (AvgIpc) is 2.83. The number of piperidine rings is 1. The van der Waals surface area contributed by atoms with Crippen molar-refractivity contribution in [2.75, 3.05) is 48.1 Å². The second-order valence-electron chi connectivity index (χ2n) is 8.08. The molecule has 0 unspecified atom stereocenters. The lowest BCUT2D eigenvalue weighted by Crippen LogP contribution is -2.41. The summed E-state index contributed by atoms with van der Waals surface area (Å²) < 4.78 is 21.3. The first-order chi connectivity index (χ1) is 15.6. The number of nitrogens with zero attached hydrogens (tertiary/aromatic N) is 1. The zero-order chi connectivity index (χ0) is 22.9. The third-order valence-electron chi connectivity index (χ3n) is 5.97. The topological polar surface area (TPSA) is 69.3 Å². The van der Waals surface area contributed by atoms with Gasteiger partial charge in [-0.05, 0) is 73.7 Å². The van der Waals surface area contributed by atoms with Crippen molar-refractivity contribution in [3.05, 3.63) is 47.5 Å². The molecule has 2 aromatic carbocycles. The molecule has 1 N–H and O–H groups in total. The fourth-order valence-corrected chi connectivity index (χ4v) is 4.14. The lowest BCUT2D eigenvalue weighted by atomic mass is 9.90. The van der Waals surface area contributed by atoms with Crippen LogP contribution < -0.4 is 24.3 Å². The molecule has 0 radical (unpaired) electrons. The molecule has 1 amide bonds. The summed E-state index contributed by atoms with van der Waals surface area (Å²) in [4.78, 5) is 14.7. The van der Waals surface area contributed by atoms with E-state index in [2.05, 4.69) is 22.3 Å². The summed E-state index contributed by atoms with van der Waals surface area (Å²) in [5, 5.41) is 3.00. The van der Waals surface area contributed by atoms with E-state index in [1.807, 2.05) is 24.3 Å². The van der Waals surface area contributed by atoms with Crippen LogP contribution in [0.4, 0.5) is 0 Å². The molecule has 1 saturated heterocycles. The third-order valence-corrected chi connectivity index (χ3v) is 5.97. The first-order valence-corrected chi connectivity index (χ1v) is 11.0. The molecule has 1 aliphatic heterocycles. The van der Waals surface area contributed by atoms with E-state index in [4.69, 9.17) is 18.9 Å². The van der Waals surface area contributed by atoms with E-state index in [0.29, 0.717) is 36.3 Å². The molecule has 3 rings (SSSR count). The molecular formula is C25H34N2O5. The number of hydrogen-bond acceptors (Lipinski definition) is 6. The van der Waals surface area contributed by atoms with Crippen LogP contribution in [0.5, 0.6) is 23.0 Å². The highest BCUT2D eigenvalue weighted by Crippen LogP contribution is 2.38. The monoisotopic (exact) mass is 442 g/mol. The minimum absolute atomic E-state index is 0.0207. The Labute approximate surface area is 190 Å². The van der Waals surface area contributed by atoms with Gasteiger partial charge in [-0.15, -0.1) is 0 Å². The van der Waals surface area contributed by atoms with E-state index in [1.165, 1.54) is 5.56 Å². The molecule has 1 fully saturated rings. The van der Waals surface area contributed by atoms with Gasteiger partial charge in [0.05, 0.1) is 35.0 Å². The zero-order valence-corrected chi connectivity index (χ0v) is 19.5. The van der Waals surface area contributed by atoms with Crippen LogP contribution in [0.15, 0.2) is 36.4 Å². The number of ether oxygens (including phenoxy) is 4. The van der Waals surface area contributed by atoms with Crippen molar-refractivity contribution in [3.63, 3.8) is 0 Å². The number of likely N-dealkylation sites (tertiary alicyclic amines) is 1. The largest absolute Gasteiger partial charge is 0.497 e. The number of carbonyl (C=O) groups excluding carboxylic acids is 1. The van der Waals surface area contributed by atoms with Crippen molar-refractivity contribution >= 4 is 5.91 Å². The van der Waals surface area contributed by atoms with Crippen molar-refractivity contribution in [3.8, 4) is 23.0 Å². The van der Waals surface area contributed by atoms with Crippen LogP contribution >= 0.6 is 0 Å². The van der Waals surface area contributed by atoms with Crippen molar-refractivity contribution < 1.29 is 23.7 Å². The minimum Gasteiger partial charge on any atom is -0.497 e. The van der Waals surface area contributed by atoms with Gasteiger partial charge in [-0.2, -0.15) is 0 Å². The maximum absolute atomic E-state index is 12.5. The molecule has 0 aliphatic carbocycles. The van der Waals surface area contributed by atoms with Crippen LogP contribution in [0.2, 0.25) is 0 Å². The van der Waals surface area contributed by atoms with Gasteiger partial charge in [-0.3, -0.25) is 9.69 Å². The Balaban J connectivity index is 1.44. The Kier molecular flexibility index (Phi) is 8.62. The Morgan fingerprint density at radius 3 is 2.06 bits per heavy atom. The molecule has 32 heavy (non-hydrogen) atoms. The minimum atomic E-state index is 0.0207. The highest BCUT2D eigenvalue weighted by atomic mass is 16.5. The van der Waals surface area contributed by atoms with Crippen LogP contribution in [0.25, 0.3) is 0 Å². The molecule has 174 valence electrons. The predicted molar refractivity (Wildman–Crippen MR) is 124 cm³/mol. The lowest BCUT2D eigenvalue weighted by Gasteiger charge is -2.31. The van der Waals surface area contributed by atoms with E-state index in [-0.39, 0.29) is 5.91 Å². The highest BCUT2D eigenvalue weighted by Gasteiger charge is 2.21. The van der Waals surface area contributed by atoms with Gasteiger partial charge in [0.2, 0.25) is 11.7 Å². The van der Waals surface area contributed by atoms with E-state index >= 15 is 0 Å². The summed E-state index contributed by atoms with van der Waals surface area (Å²) in [5.41, 5.74) is 2.23. The van der Waals surface area contributed by atoms with Crippen LogP contribution in [-0.4, -0.2) is 58.9 Å². The van der Waals surface area contributed by atoms with Crippen LogP contribution in [0, 0.1) is 5.92 Å². The molecule has 1 heterocycles. The number of nitrogens with one attached hydrogen (secondary N) is 1. The van der Waals surface area contributed by atoms with E-state index in [9.17, 15) is 4.79 Å². The number of benzene rings is 2. The van der Waals surface area contributed by atoms with Gasteiger partial charge >= 0.3 is 0 Å². The summed E-state index contributed by atoms with van der Waals surface area (Å²) in [7, 11) is 6.42. The van der Waals surface area contributed by atoms with Crippen LogP contribution in [-0.2, 0) is 17.8 Å². The van der Waals surface area contributed by atoms with Gasteiger partial charge in [-0.25, -0.2) is 0 Å². The Hall–Kier alpha value is -2.93. The molecule has 0 aromatic heterocycles. The normalized spacial score (nSPS) is 14.6. The van der Waals surface area contributed by atoms with Gasteiger partial charge in [0.15, 0.2) is 11.5 Å². The molecule has 7 heteroatoms. The maximum atomic E-state index is 12.5. The van der Waals surface area contributed by atoms with Crippen molar-refractivity contribution in [2.24, 2.45) is 5.92 Å². The SMILES string of the molecule is COc1ccc(CC2CCN(CC(=O)NCc3cc(OC)c(OC)c(OC)c3)CC2)cc1. The number of rotatable bonds is 10. The van der Waals surface area contributed by atoms with E-state index in [0.717, 1.165) is 43.7 Å². The Bertz CT molecular complexity index is 851. The second-order valence-corrected chi connectivity index (χ2v) is 8.08. The fourth-order valence-electron chi connectivity index (χ4n) is 4.14. The van der Waals surface area contributed by atoms with Crippen molar-refractivity contribution in [1.29, 1.82) is 0 Å². The molecular weight excluding hydrogens is 408 g/mol. The summed E-state index contributed by atoms with van der Waals surface area (Å²) in [6.45, 7) is 2.71. The summed E-state index contributed by atoms with van der Waals surface area (Å²) in [5.74, 6) is 3.27. The van der Waals surface area contributed by atoms with E-state index < -0.39 is 0 Å². The van der Waals surface area contributed by atoms with Crippen molar-refractivity contribution in [2.45, 2.75) is 25.8 Å². The highest BCUT2D eigenvalue weighted by molar-refractivity contribution is 5.78. The average molecular weight is 443 g/mol. The van der Waals surface area contributed by atoms with Gasteiger partial charge in [0.25, 0.3) is 0 Å². The molecule has 1 aliphatic rings. The molecule has 7 nitrogen and oxygen atoms in total. The van der Waals surface area contributed by atoms with Gasteiger partial charge in [-0.1, -0.05) is 12.1 Å². The quantitative estimate of drug-likeness (QED) is 0.609. The Morgan fingerprint density at radius 1 is 0.906 bits per heavy atom. The Morgan fingerprint density at radius 2 is 1.53 bits per heavy atom. The summed E-state index contributed by atoms with van der Waals surface area (Å²) in [6, 6.07) is 12.0. The molecule has 0 spiro atoms. The first kappa shape index (κ1) is 23.7. The standard InChI is InChI=1S/C25H34N2O5/c1-29-21-7-5-18(6-8-21)13-19-9-11-27(12-10-19)17-24(28)26-16-20-14-22(30-2)25(32-4)23(15-20)31-3/h5-8,14-15,19H,9-13,16-17H2,1-4H3,(H,26,28). The molecule has 0 bridgehead atoms. The number of methoxy groups -OCH3 is 4. The van der Waals surface area contributed by atoms with Gasteiger partial charge < -0.3 is 24.3 Å². The molecule has 0 atom stereocenters. The summed E-state index contributed by atoms with van der Waals surface area (Å²) in [6.07, 6.45) is 3.28. The predicted octanol–water partition coefficient (Wildman–Crippen LogP) is 3.29. The smallest absolute Gasteiger partial charge is 0.234 e. The first-order valence-electron chi connectivity index (χ1n) is 11.0. The number of hydrogen-bond donors (Lipinski definition) is 1. The van der Waals surface area contributed by atoms with Gasteiger partial charge in [0, 0.05) is 6.54 Å².